The van der Waals surface area contributed by atoms with Crippen LogP contribution in [0.15, 0.2) is 4.52 Å². The zero-order valence-electron chi connectivity index (χ0n) is 10.6. The van der Waals surface area contributed by atoms with Gasteiger partial charge in [-0.3, -0.25) is 0 Å². The van der Waals surface area contributed by atoms with Crippen LogP contribution in [0.1, 0.15) is 49.4 Å². The minimum Gasteiger partial charge on any atom is -0.394 e. The van der Waals surface area contributed by atoms with E-state index in [1.54, 1.807) is 0 Å². The molecule has 3 atom stereocenters. The topological polar surface area (TPSA) is 88.4 Å². The zero-order valence-corrected chi connectivity index (χ0v) is 10.6. The van der Waals surface area contributed by atoms with Crippen molar-refractivity contribution in [2.24, 2.45) is 5.73 Å². The average Bonchev–Trinajstić information content (AvgIpc) is 2.92. The fourth-order valence-electron chi connectivity index (χ4n) is 3.26. The summed E-state index contributed by atoms with van der Waals surface area (Å²) in [5, 5.41) is 13.0. The highest BCUT2D eigenvalue weighted by molar-refractivity contribution is 5.06. The number of aliphatic hydroxyl groups is 1. The number of piperidine rings is 1. The second-order valence-corrected chi connectivity index (χ2v) is 5.50. The molecule has 2 aliphatic rings. The van der Waals surface area contributed by atoms with Gasteiger partial charge in [-0.2, -0.15) is 4.98 Å². The standard InChI is InChI=1S/C12H20N4O2/c1-16-8-2-3-9(16)5-7(4-8)11-14-12(18-15-11)10(13)6-17/h7-10,17H,2-6,13H2,1H3. The Hall–Kier alpha value is -0.980. The number of nitrogens with zero attached hydrogens (tertiary/aromatic N) is 3. The Bertz CT molecular complexity index is 408. The van der Waals surface area contributed by atoms with E-state index in [4.69, 9.17) is 15.4 Å². The van der Waals surface area contributed by atoms with Crippen LogP contribution in [0.3, 0.4) is 0 Å². The molecule has 0 radical (unpaired) electrons. The van der Waals surface area contributed by atoms with Gasteiger partial charge in [0.25, 0.3) is 0 Å². The Labute approximate surface area is 106 Å². The van der Waals surface area contributed by atoms with Gasteiger partial charge in [-0.25, -0.2) is 0 Å². The second kappa shape index (κ2) is 4.60. The Morgan fingerprint density at radius 3 is 2.72 bits per heavy atom. The van der Waals surface area contributed by atoms with Crippen molar-refractivity contribution >= 4 is 0 Å². The molecule has 100 valence electrons. The van der Waals surface area contributed by atoms with Crippen molar-refractivity contribution in [1.29, 1.82) is 0 Å². The van der Waals surface area contributed by atoms with Gasteiger partial charge in [-0.05, 0) is 32.7 Å². The first-order chi connectivity index (χ1) is 8.69. The summed E-state index contributed by atoms with van der Waals surface area (Å²) in [6.07, 6.45) is 4.75. The van der Waals surface area contributed by atoms with Crippen LogP contribution in [-0.2, 0) is 0 Å². The lowest BCUT2D eigenvalue weighted by Crippen LogP contribution is -2.39. The summed E-state index contributed by atoms with van der Waals surface area (Å²) in [7, 11) is 2.21. The highest BCUT2D eigenvalue weighted by atomic mass is 16.5. The number of hydrogen-bond donors (Lipinski definition) is 2. The van der Waals surface area contributed by atoms with Crippen molar-refractivity contribution in [3.8, 4) is 0 Å². The first-order valence-electron chi connectivity index (χ1n) is 6.61. The van der Waals surface area contributed by atoms with Gasteiger partial charge in [0, 0.05) is 18.0 Å². The lowest BCUT2D eigenvalue weighted by molar-refractivity contribution is 0.157. The van der Waals surface area contributed by atoms with Crippen LogP contribution in [0.5, 0.6) is 0 Å². The first kappa shape index (κ1) is 12.1. The smallest absolute Gasteiger partial charge is 0.245 e. The maximum absolute atomic E-state index is 8.98. The van der Waals surface area contributed by atoms with Crippen molar-refractivity contribution in [2.75, 3.05) is 13.7 Å². The molecule has 6 heteroatoms. The minimum absolute atomic E-state index is 0.166. The molecular weight excluding hydrogens is 232 g/mol. The third-order valence-electron chi connectivity index (χ3n) is 4.43. The van der Waals surface area contributed by atoms with E-state index in [9.17, 15) is 0 Å². The summed E-state index contributed by atoms with van der Waals surface area (Å²) in [4.78, 5) is 6.83. The maximum atomic E-state index is 8.98. The van der Waals surface area contributed by atoms with E-state index in [2.05, 4.69) is 22.1 Å². The Morgan fingerprint density at radius 2 is 2.11 bits per heavy atom. The Kier molecular flexibility index (Phi) is 3.09. The fourth-order valence-corrected chi connectivity index (χ4v) is 3.26. The second-order valence-electron chi connectivity index (χ2n) is 5.50. The molecule has 2 aliphatic heterocycles. The van der Waals surface area contributed by atoms with Crippen molar-refractivity contribution in [1.82, 2.24) is 15.0 Å². The van der Waals surface area contributed by atoms with Gasteiger partial charge in [-0.1, -0.05) is 5.16 Å². The average molecular weight is 252 g/mol. The molecule has 18 heavy (non-hydrogen) atoms. The lowest BCUT2D eigenvalue weighted by Gasteiger charge is -2.34. The summed E-state index contributed by atoms with van der Waals surface area (Å²) in [5.41, 5.74) is 5.67. The van der Waals surface area contributed by atoms with Gasteiger partial charge in [0.1, 0.15) is 6.04 Å². The molecule has 2 bridgehead atoms. The molecular formula is C12H20N4O2. The third kappa shape index (κ3) is 1.94. The quantitative estimate of drug-likeness (QED) is 0.809. The number of nitrogens with two attached hydrogens (primary N) is 1. The van der Waals surface area contributed by atoms with Crippen molar-refractivity contribution in [3.63, 3.8) is 0 Å². The molecule has 3 unspecified atom stereocenters. The maximum Gasteiger partial charge on any atom is 0.245 e. The van der Waals surface area contributed by atoms with E-state index in [-0.39, 0.29) is 6.61 Å². The molecule has 1 aromatic heterocycles. The van der Waals surface area contributed by atoms with Crippen LogP contribution in [0.4, 0.5) is 0 Å². The van der Waals surface area contributed by atoms with E-state index in [1.807, 2.05) is 0 Å². The Balaban J connectivity index is 1.74. The van der Waals surface area contributed by atoms with Crippen molar-refractivity contribution in [3.05, 3.63) is 11.7 Å². The number of hydrogen-bond acceptors (Lipinski definition) is 6. The van der Waals surface area contributed by atoms with Crippen LogP contribution in [0, 0.1) is 0 Å². The molecule has 0 aromatic carbocycles. The van der Waals surface area contributed by atoms with Gasteiger partial charge in [0.2, 0.25) is 5.89 Å². The van der Waals surface area contributed by atoms with Gasteiger partial charge in [0.05, 0.1) is 6.61 Å². The van der Waals surface area contributed by atoms with Crippen molar-refractivity contribution < 1.29 is 9.63 Å². The number of aromatic nitrogens is 2. The van der Waals surface area contributed by atoms with E-state index in [0.717, 1.165) is 18.7 Å². The molecule has 0 amide bonds. The highest BCUT2D eigenvalue weighted by Gasteiger charge is 2.40. The summed E-state index contributed by atoms with van der Waals surface area (Å²) in [6.45, 7) is -0.166. The molecule has 3 N–H and O–H groups in total. The van der Waals surface area contributed by atoms with E-state index in [0.29, 0.717) is 23.9 Å². The van der Waals surface area contributed by atoms with Crippen LogP contribution in [-0.4, -0.2) is 45.9 Å². The molecule has 3 rings (SSSR count). The molecule has 2 saturated heterocycles. The SMILES string of the molecule is CN1C2CCC1CC(c1noc(C(N)CO)n1)C2. The van der Waals surface area contributed by atoms with Gasteiger partial charge >= 0.3 is 0 Å². The monoisotopic (exact) mass is 252 g/mol. The Morgan fingerprint density at radius 1 is 1.44 bits per heavy atom. The van der Waals surface area contributed by atoms with E-state index < -0.39 is 6.04 Å². The summed E-state index contributed by atoms with van der Waals surface area (Å²) >= 11 is 0. The zero-order chi connectivity index (χ0) is 12.7. The number of fused-ring (bicyclic) bond motifs is 2. The predicted molar refractivity (Wildman–Crippen MR) is 64.9 cm³/mol. The highest BCUT2D eigenvalue weighted by Crippen LogP contribution is 2.41. The van der Waals surface area contributed by atoms with Crippen molar-refractivity contribution in [2.45, 2.75) is 49.7 Å². The van der Waals surface area contributed by atoms with Gasteiger partial charge < -0.3 is 20.3 Å². The summed E-state index contributed by atoms with van der Waals surface area (Å²) < 4.78 is 5.13. The van der Waals surface area contributed by atoms with Gasteiger partial charge in [0.15, 0.2) is 5.82 Å². The number of rotatable bonds is 3. The molecule has 2 fully saturated rings. The summed E-state index contributed by atoms with van der Waals surface area (Å²) in [6, 6.07) is 0.749. The lowest BCUT2D eigenvalue weighted by atomic mass is 9.90. The van der Waals surface area contributed by atoms with Crippen LogP contribution in [0.25, 0.3) is 0 Å². The summed E-state index contributed by atoms with van der Waals surface area (Å²) in [5.74, 6) is 1.49. The first-order valence-corrected chi connectivity index (χ1v) is 6.61. The van der Waals surface area contributed by atoms with Gasteiger partial charge in [-0.15, -0.1) is 0 Å². The molecule has 1 aromatic rings. The van der Waals surface area contributed by atoms with E-state index >= 15 is 0 Å². The predicted octanol–water partition coefficient (Wildman–Crippen LogP) is 0.402. The van der Waals surface area contributed by atoms with Crippen LogP contribution >= 0.6 is 0 Å². The normalized spacial score (nSPS) is 33.8. The third-order valence-corrected chi connectivity index (χ3v) is 4.43. The fraction of sp³-hybridized carbons (Fsp3) is 0.833. The largest absolute Gasteiger partial charge is 0.394 e. The molecule has 0 spiro atoms. The molecule has 0 saturated carbocycles. The van der Waals surface area contributed by atoms with Crippen LogP contribution in [0.2, 0.25) is 0 Å². The number of aliphatic hydroxyl groups excluding tert-OH is 1. The molecule has 3 heterocycles. The molecule has 6 nitrogen and oxygen atoms in total. The molecule has 0 aliphatic carbocycles. The van der Waals surface area contributed by atoms with E-state index in [1.165, 1.54) is 12.8 Å². The van der Waals surface area contributed by atoms with Crippen LogP contribution < -0.4 is 5.73 Å². The minimum atomic E-state index is -0.561.